The van der Waals surface area contributed by atoms with Crippen molar-refractivity contribution in [3.8, 4) is 11.4 Å². The molecule has 2 aromatic rings. The molecule has 0 radical (unpaired) electrons. The number of nitrogens with zero attached hydrogens (tertiary/aromatic N) is 3. The Balaban J connectivity index is 2.14. The monoisotopic (exact) mass is 332 g/mol. The van der Waals surface area contributed by atoms with E-state index in [0.29, 0.717) is 18.9 Å². The number of carbonyl (C=O) groups excluding carboxylic acids is 1. The number of amides is 1. The highest BCUT2D eigenvalue weighted by Crippen LogP contribution is 2.26. The Bertz CT molecular complexity index is 680. The van der Waals surface area contributed by atoms with E-state index in [-0.39, 0.29) is 0 Å². The molecule has 24 heavy (non-hydrogen) atoms. The quantitative estimate of drug-likeness (QED) is 0.765. The van der Waals surface area contributed by atoms with Gasteiger partial charge >= 0.3 is 6.09 Å². The number of alkyl carbamates (subject to hydrolysis) is 1. The van der Waals surface area contributed by atoms with E-state index < -0.39 is 17.1 Å². The van der Waals surface area contributed by atoms with Gasteiger partial charge in [-0.05, 0) is 37.6 Å². The Kier molecular flexibility index (Phi) is 5.18. The van der Waals surface area contributed by atoms with Gasteiger partial charge in [-0.15, -0.1) is 10.2 Å². The zero-order valence-electron chi connectivity index (χ0n) is 14.5. The highest BCUT2D eigenvalue weighted by molar-refractivity contribution is 5.68. The third kappa shape index (κ3) is 4.51. The van der Waals surface area contributed by atoms with Gasteiger partial charge in [0.1, 0.15) is 5.60 Å². The van der Waals surface area contributed by atoms with E-state index in [2.05, 4.69) is 25.9 Å². The summed E-state index contributed by atoms with van der Waals surface area (Å²) in [6, 6.07) is 7.72. The van der Waals surface area contributed by atoms with Crippen molar-refractivity contribution in [2.24, 2.45) is 5.73 Å². The lowest BCUT2D eigenvalue weighted by Crippen LogP contribution is -2.45. The van der Waals surface area contributed by atoms with E-state index in [0.717, 1.165) is 11.1 Å². The summed E-state index contributed by atoms with van der Waals surface area (Å²) in [6.07, 6.45) is -0.462. The van der Waals surface area contributed by atoms with Crippen LogP contribution in [0, 0.1) is 0 Å². The average molecular weight is 332 g/mol. The van der Waals surface area contributed by atoms with E-state index >= 15 is 0 Å². The van der Waals surface area contributed by atoms with Gasteiger partial charge in [0.15, 0.2) is 0 Å². The minimum Gasteiger partial charge on any atom is -0.444 e. The molecule has 130 valence electrons. The number of carbonyl (C=O) groups is 1. The highest BCUT2D eigenvalue weighted by Gasteiger charge is 2.27. The smallest absolute Gasteiger partial charge is 0.407 e. The zero-order valence-corrected chi connectivity index (χ0v) is 14.5. The van der Waals surface area contributed by atoms with Crippen molar-refractivity contribution in [1.82, 2.24) is 25.9 Å². The van der Waals surface area contributed by atoms with Gasteiger partial charge in [0.05, 0.1) is 0 Å². The molecule has 1 aromatic heterocycles. The molecule has 0 saturated carbocycles. The van der Waals surface area contributed by atoms with E-state index in [1.165, 1.54) is 0 Å². The summed E-state index contributed by atoms with van der Waals surface area (Å²) in [5, 5.41) is 16.8. The Morgan fingerprint density at radius 3 is 2.67 bits per heavy atom. The van der Waals surface area contributed by atoms with E-state index in [4.69, 9.17) is 10.5 Å². The van der Waals surface area contributed by atoms with Gasteiger partial charge < -0.3 is 15.8 Å². The Morgan fingerprint density at radius 2 is 2.08 bits per heavy atom. The number of nitrogens with two attached hydrogens (primary N) is 1. The van der Waals surface area contributed by atoms with Crippen molar-refractivity contribution in [2.45, 2.75) is 38.7 Å². The van der Waals surface area contributed by atoms with Gasteiger partial charge in [0, 0.05) is 24.1 Å². The highest BCUT2D eigenvalue weighted by atomic mass is 16.6. The van der Waals surface area contributed by atoms with Crippen LogP contribution in [0.1, 0.15) is 33.3 Å². The van der Waals surface area contributed by atoms with Crippen molar-refractivity contribution in [2.75, 3.05) is 13.1 Å². The maximum absolute atomic E-state index is 11.9. The molecule has 0 spiro atoms. The fourth-order valence-corrected chi connectivity index (χ4v) is 2.19. The summed E-state index contributed by atoms with van der Waals surface area (Å²) in [4.78, 5) is 11.9. The molecule has 8 nitrogen and oxygen atoms in total. The Morgan fingerprint density at radius 1 is 1.33 bits per heavy atom. The normalized spacial score (nSPS) is 14.0. The van der Waals surface area contributed by atoms with Crippen molar-refractivity contribution >= 4 is 6.09 Å². The molecule has 8 heteroatoms. The fraction of sp³-hybridized carbons (Fsp3) is 0.500. The summed E-state index contributed by atoms with van der Waals surface area (Å²) < 4.78 is 5.27. The summed E-state index contributed by atoms with van der Waals surface area (Å²) in [6.45, 7) is 8.17. The maximum atomic E-state index is 11.9. The summed E-state index contributed by atoms with van der Waals surface area (Å²) in [7, 11) is 0. The Labute approximate surface area is 141 Å². The van der Waals surface area contributed by atoms with E-state index in [1.807, 2.05) is 52.0 Å². The van der Waals surface area contributed by atoms with Crippen LogP contribution >= 0.6 is 0 Å². The maximum Gasteiger partial charge on any atom is 0.407 e. The molecule has 1 aromatic carbocycles. The molecule has 0 aliphatic rings. The second-order valence-electron chi connectivity index (χ2n) is 6.94. The predicted molar refractivity (Wildman–Crippen MR) is 90.3 cm³/mol. The van der Waals surface area contributed by atoms with Gasteiger partial charge in [-0.3, -0.25) is 0 Å². The van der Waals surface area contributed by atoms with Crippen LogP contribution in [0.4, 0.5) is 4.79 Å². The third-order valence-electron chi connectivity index (χ3n) is 3.64. The molecule has 2 rings (SSSR count). The summed E-state index contributed by atoms with van der Waals surface area (Å²) >= 11 is 0. The largest absolute Gasteiger partial charge is 0.444 e. The molecular formula is C16H24N6O2. The number of H-pyrrole nitrogens is 1. The van der Waals surface area contributed by atoms with Crippen LogP contribution in [0.2, 0.25) is 0 Å². The SMILES string of the molecule is CC(C)(C)OC(=O)NCC(C)(CN)c1cccc(-c2nn[nH]n2)c1. The number of rotatable bonds is 5. The lowest BCUT2D eigenvalue weighted by Gasteiger charge is -2.30. The van der Waals surface area contributed by atoms with Crippen LogP contribution in [0.3, 0.4) is 0 Å². The van der Waals surface area contributed by atoms with Crippen molar-refractivity contribution in [1.29, 1.82) is 0 Å². The van der Waals surface area contributed by atoms with Crippen LogP contribution in [0.25, 0.3) is 11.4 Å². The van der Waals surface area contributed by atoms with Gasteiger partial charge in [-0.2, -0.15) is 5.21 Å². The second kappa shape index (κ2) is 6.96. The zero-order chi connectivity index (χ0) is 17.8. The number of hydrogen-bond acceptors (Lipinski definition) is 6. The molecule has 1 heterocycles. The number of aromatic nitrogens is 4. The van der Waals surface area contributed by atoms with Crippen molar-refractivity contribution in [3.63, 3.8) is 0 Å². The summed E-state index contributed by atoms with van der Waals surface area (Å²) in [5.74, 6) is 0.510. The molecule has 0 bridgehead atoms. The minimum absolute atomic E-state index is 0.355. The Hall–Kier alpha value is -2.48. The fourth-order valence-electron chi connectivity index (χ4n) is 2.19. The van der Waals surface area contributed by atoms with Crippen molar-refractivity contribution < 1.29 is 9.53 Å². The second-order valence-corrected chi connectivity index (χ2v) is 6.94. The molecule has 4 N–H and O–H groups in total. The average Bonchev–Trinajstić information content (AvgIpc) is 3.05. The van der Waals surface area contributed by atoms with Gasteiger partial charge in [-0.25, -0.2) is 4.79 Å². The van der Waals surface area contributed by atoms with E-state index in [1.54, 1.807) is 0 Å². The molecule has 1 atom stereocenters. The first kappa shape index (κ1) is 17.9. The van der Waals surface area contributed by atoms with Crippen LogP contribution in [-0.4, -0.2) is 45.4 Å². The molecule has 0 saturated heterocycles. The first-order valence-electron chi connectivity index (χ1n) is 7.75. The molecule has 0 aliphatic carbocycles. The summed E-state index contributed by atoms with van der Waals surface area (Å²) in [5.41, 5.74) is 6.80. The topological polar surface area (TPSA) is 119 Å². The number of hydrogen-bond donors (Lipinski definition) is 3. The van der Waals surface area contributed by atoms with E-state index in [9.17, 15) is 4.79 Å². The first-order chi connectivity index (χ1) is 11.2. The van der Waals surface area contributed by atoms with Gasteiger partial charge in [0.2, 0.25) is 5.82 Å². The number of benzene rings is 1. The van der Waals surface area contributed by atoms with Gasteiger partial charge in [0.25, 0.3) is 0 Å². The predicted octanol–water partition coefficient (Wildman–Crippen LogP) is 1.61. The number of nitrogens with one attached hydrogen (secondary N) is 2. The van der Waals surface area contributed by atoms with Gasteiger partial charge in [-0.1, -0.05) is 25.1 Å². The lowest BCUT2D eigenvalue weighted by molar-refractivity contribution is 0.0516. The van der Waals surface area contributed by atoms with Crippen LogP contribution < -0.4 is 11.1 Å². The first-order valence-corrected chi connectivity index (χ1v) is 7.75. The molecule has 0 aliphatic heterocycles. The van der Waals surface area contributed by atoms with Crippen LogP contribution in [0.5, 0.6) is 0 Å². The number of tetrazole rings is 1. The number of aromatic amines is 1. The third-order valence-corrected chi connectivity index (χ3v) is 3.64. The lowest BCUT2D eigenvalue weighted by atomic mass is 9.81. The van der Waals surface area contributed by atoms with Crippen LogP contribution in [0.15, 0.2) is 24.3 Å². The molecule has 1 amide bonds. The molecule has 0 fully saturated rings. The van der Waals surface area contributed by atoms with Crippen LogP contribution in [-0.2, 0) is 10.2 Å². The molecular weight excluding hydrogens is 308 g/mol. The number of ether oxygens (including phenoxy) is 1. The molecule has 1 unspecified atom stereocenters. The van der Waals surface area contributed by atoms with Crippen molar-refractivity contribution in [3.05, 3.63) is 29.8 Å². The standard InChI is InChI=1S/C16H24N6O2/c1-15(2,3)24-14(23)18-10-16(4,9-17)12-7-5-6-11(8-12)13-19-21-22-20-13/h5-8H,9-10,17H2,1-4H3,(H,18,23)(H,19,20,21,22). The minimum atomic E-state index is -0.540.